The molecule has 4 nitrogen and oxygen atoms in total. The monoisotopic (exact) mass is 418 g/mol. The maximum Gasteiger partial charge on any atom is 0.175 e. The second kappa shape index (κ2) is 5.75. The van der Waals surface area contributed by atoms with Crippen molar-refractivity contribution in [1.29, 1.82) is 0 Å². The molecule has 0 aliphatic carbocycles. The van der Waals surface area contributed by atoms with E-state index < -0.39 is 9.84 Å². The van der Waals surface area contributed by atoms with E-state index in [1.165, 1.54) is 6.26 Å². The highest BCUT2D eigenvalue weighted by atomic mass is 79.9. The van der Waals surface area contributed by atoms with Gasteiger partial charge < -0.3 is 11.1 Å². The average Bonchev–Trinajstić information content (AvgIpc) is 2.33. The quantitative estimate of drug-likeness (QED) is 0.739. The van der Waals surface area contributed by atoms with Crippen LogP contribution < -0.4 is 11.1 Å². The van der Waals surface area contributed by atoms with Gasteiger partial charge in [0.05, 0.1) is 10.6 Å². The van der Waals surface area contributed by atoms with Gasteiger partial charge in [0.15, 0.2) is 9.84 Å². The van der Waals surface area contributed by atoms with E-state index in [0.29, 0.717) is 10.6 Å². The number of halogens is 2. The van der Waals surface area contributed by atoms with Gasteiger partial charge in [0, 0.05) is 26.6 Å². The van der Waals surface area contributed by atoms with Gasteiger partial charge in [-0.2, -0.15) is 0 Å². The topological polar surface area (TPSA) is 72.2 Å². The third-order valence-electron chi connectivity index (χ3n) is 2.62. The van der Waals surface area contributed by atoms with E-state index in [1.807, 2.05) is 0 Å². The molecule has 7 heteroatoms. The lowest BCUT2D eigenvalue weighted by molar-refractivity contribution is 0.602. The Morgan fingerprint density at radius 3 is 2.00 bits per heavy atom. The van der Waals surface area contributed by atoms with Crippen molar-refractivity contribution in [1.82, 2.24) is 0 Å². The number of hydrogen-bond donors (Lipinski definition) is 2. The Kier molecular flexibility index (Phi) is 4.41. The number of rotatable bonds is 3. The van der Waals surface area contributed by atoms with Crippen LogP contribution in [-0.2, 0) is 9.84 Å². The van der Waals surface area contributed by atoms with Crippen molar-refractivity contribution in [2.75, 3.05) is 17.3 Å². The van der Waals surface area contributed by atoms with Gasteiger partial charge in [-0.05, 0) is 68.3 Å². The molecule has 2 rings (SSSR count). The van der Waals surface area contributed by atoms with E-state index in [0.717, 1.165) is 20.3 Å². The molecule has 0 unspecified atom stereocenters. The van der Waals surface area contributed by atoms with Gasteiger partial charge in [0.25, 0.3) is 0 Å². The molecular formula is C13H12Br2N2O2S. The fourth-order valence-electron chi connectivity index (χ4n) is 1.64. The van der Waals surface area contributed by atoms with E-state index >= 15 is 0 Å². The molecule has 0 spiro atoms. The van der Waals surface area contributed by atoms with Crippen molar-refractivity contribution in [2.24, 2.45) is 0 Å². The zero-order valence-corrected chi connectivity index (χ0v) is 14.5. The normalized spacial score (nSPS) is 11.3. The van der Waals surface area contributed by atoms with Crippen LogP contribution in [0.3, 0.4) is 0 Å². The highest BCUT2D eigenvalue weighted by Crippen LogP contribution is 2.35. The van der Waals surface area contributed by atoms with Crippen LogP contribution in [0, 0.1) is 0 Å². The molecule has 0 aliphatic heterocycles. The van der Waals surface area contributed by atoms with Crippen LogP contribution in [0.1, 0.15) is 0 Å². The Labute approximate surface area is 134 Å². The second-order valence-corrected chi connectivity index (χ2v) is 8.01. The summed E-state index contributed by atoms with van der Waals surface area (Å²) in [6, 6.07) is 10.1. The molecule has 0 saturated heterocycles. The van der Waals surface area contributed by atoms with Crippen molar-refractivity contribution in [3.63, 3.8) is 0 Å². The standard InChI is InChI=1S/C13H12Br2N2O2S/c1-20(18,19)10-4-2-9(3-5-10)17-13-11(14)6-8(16)7-12(13)15/h2-7,17H,16H2,1H3. The van der Waals surface area contributed by atoms with Gasteiger partial charge in [-0.25, -0.2) is 8.42 Å². The minimum Gasteiger partial charge on any atom is -0.399 e. The van der Waals surface area contributed by atoms with Gasteiger partial charge in [0.2, 0.25) is 0 Å². The van der Waals surface area contributed by atoms with Crippen LogP contribution in [0.5, 0.6) is 0 Å². The number of hydrogen-bond acceptors (Lipinski definition) is 4. The zero-order chi connectivity index (χ0) is 14.9. The van der Waals surface area contributed by atoms with Crippen LogP contribution in [0.2, 0.25) is 0 Å². The van der Waals surface area contributed by atoms with Gasteiger partial charge in [0.1, 0.15) is 0 Å². The van der Waals surface area contributed by atoms with Crippen LogP contribution in [-0.4, -0.2) is 14.7 Å². The largest absolute Gasteiger partial charge is 0.399 e. The molecule has 0 atom stereocenters. The van der Waals surface area contributed by atoms with Crippen molar-refractivity contribution < 1.29 is 8.42 Å². The molecule has 106 valence electrons. The summed E-state index contributed by atoms with van der Waals surface area (Å²) in [6.45, 7) is 0. The van der Waals surface area contributed by atoms with Gasteiger partial charge in [-0.15, -0.1) is 0 Å². The number of nitrogens with one attached hydrogen (secondary N) is 1. The van der Waals surface area contributed by atoms with Crippen molar-refractivity contribution in [2.45, 2.75) is 4.90 Å². The van der Waals surface area contributed by atoms with Crippen molar-refractivity contribution in [3.8, 4) is 0 Å². The molecular weight excluding hydrogens is 408 g/mol. The summed E-state index contributed by atoms with van der Waals surface area (Å²) in [5, 5.41) is 3.20. The first kappa shape index (κ1) is 15.3. The fourth-order valence-corrected chi connectivity index (χ4v) is 3.69. The molecule has 2 aromatic carbocycles. The number of benzene rings is 2. The number of nitrogen functional groups attached to an aromatic ring is 1. The first-order chi connectivity index (χ1) is 9.27. The van der Waals surface area contributed by atoms with Crippen molar-refractivity contribution >= 4 is 58.8 Å². The molecule has 3 N–H and O–H groups in total. The third-order valence-corrected chi connectivity index (χ3v) is 5.00. The Bertz CT molecular complexity index is 720. The van der Waals surface area contributed by atoms with Gasteiger partial charge >= 0.3 is 0 Å². The molecule has 2 aromatic rings. The predicted molar refractivity (Wildman–Crippen MR) is 89.1 cm³/mol. The predicted octanol–water partition coefficient (Wildman–Crippen LogP) is 3.94. The Hall–Kier alpha value is -1.05. The summed E-state index contributed by atoms with van der Waals surface area (Å²) in [7, 11) is -3.18. The highest BCUT2D eigenvalue weighted by Gasteiger charge is 2.09. The summed E-state index contributed by atoms with van der Waals surface area (Å²) in [6.07, 6.45) is 1.18. The van der Waals surface area contributed by atoms with E-state index in [9.17, 15) is 8.42 Å². The SMILES string of the molecule is CS(=O)(=O)c1ccc(Nc2c(Br)cc(N)cc2Br)cc1. The molecule has 0 aromatic heterocycles. The molecule has 0 aliphatic rings. The van der Waals surface area contributed by atoms with Gasteiger partial charge in [-0.3, -0.25) is 0 Å². The molecule has 0 heterocycles. The Balaban J connectivity index is 2.32. The summed E-state index contributed by atoms with van der Waals surface area (Å²) >= 11 is 6.87. The van der Waals surface area contributed by atoms with Crippen molar-refractivity contribution in [3.05, 3.63) is 45.3 Å². The molecule has 0 fully saturated rings. The number of sulfone groups is 1. The maximum atomic E-state index is 11.4. The lowest BCUT2D eigenvalue weighted by Gasteiger charge is -2.12. The third kappa shape index (κ3) is 3.53. The minimum absolute atomic E-state index is 0.290. The number of anilines is 3. The first-order valence-electron chi connectivity index (χ1n) is 5.59. The highest BCUT2D eigenvalue weighted by molar-refractivity contribution is 9.11. The average molecular weight is 420 g/mol. The molecule has 0 saturated carbocycles. The lowest BCUT2D eigenvalue weighted by Crippen LogP contribution is -1.98. The lowest BCUT2D eigenvalue weighted by atomic mass is 10.2. The van der Waals surface area contributed by atoms with Crippen LogP contribution in [0.25, 0.3) is 0 Å². The van der Waals surface area contributed by atoms with Crippen LogP contribution >= 0.6 is 31.9 Å². The van der Waals surface area contributed by atoms with E-state index in [1.54, 1.807) is 36.4 Å². The smallest absolute Gasteiger partial charge is 0.175 e. The van der Waals surface area contributed by atoms with E-state index in [4.69, 9.17) is 5.73 Å². The van der Waals surface area contributed by atoms with Gasteiger partial charge in [-0.1, -0.05) is 0 Å². The molecule has 20 heavy (non-hydrogen) atoms. The van der Waals surface area contributed by atoms with Crippen LogP contribution in [0.15, 0.2) is 50.2 Å². The minimum atomic E-state index is -3.18. The first-order valence-corrected chi connectivity index (χ1v) is 9.07. The summed E-state index contributed by atoms with van der Waals surface area (Å²) in [5.41, 5.74) is 7.98. The summed E-state index contributed by atoms with van der Waals surface area (Å²) in [5.74, 6) is 0. The fraction of sp³-hybridized carbons (Fsp3) is 0.0769. The molecule has 0 amide bonds. The summed E-state index contributed by atoms with van der Waals surface area (Å²) in [4.78, 5) is 0.290. The number of nitrogens with two attached hydrogens (primary N) is 1. The molecule has 0 radical (unpaired) electrons. The van der Waals surface area contributed by atoms with E-state index in [-0.39, 0.29) is 0 Å². The molecule has 0 bridgehead atoms. The Morgan fingerprint density at radius 1 is 1.05 bits per heavy atom. The maximum absolute atomic E-state index is 11.4. The summed E-state index contributed by atoms with van der Waals surface area (Å²) < 4.78 is 24.4. The van der Waals surface area contributed by atoms with E-state index in [2.05, 4.69) is 37.2 Å². The van der Waals surface area contributed by atoms with Crippen LogP contribution in [0.4, 0.5) is 17.1 Å². The Morgan fingerprint density at radius 2 is 1.55 bits per heavy atom. The zero-order valence-electron chi connectivity index (χ0n) is 10.5. The second-order valence-electron chi connectivity index (χ2n) is 4.28.